The van der Waals surface area contributed by atoms with Crippen molar-refractivity contribution in [1.29, 1.82) is 0 Å². The van der Waals surface area contributed by atoms with Gasteiger partial charge in [-0.05, 0) is 0 Å². The Kier molecular flexibility index (Phi) is 7.75. The zero-order chi connectivity index (χ0) is 19.3. The summed E-state index contributed by atoms with van der Waals surface area (Å²) in [5.41, 5.74) is 0. The molecular formula is C7F13KO3. The molecule has 0 N–H and O–H groups in total. The number of halogens is 13. The van der Waals surface area contributed by atoms with Crippen molar-refractivity contribution in [3.8, 4) is 0 Å². The first kappa shape index (κ1) is 26.4. The van der Waals surface area contributed by atoms with Crippen LogP contribution in [-0.4, -0.2) is 42.1 Å². The zero-order valence-corrected chi connectivity index (χ0v) is 13.8. The standard InChI is InChI=1S/C7HF13O3.K/c8-2(1(21)22,5(13,14)15)23-7(19,20)4(11,12)3(9,10)6(16,17)18;/h(H,21,22);/q;+1/p-1. The Hall–Kier alpha value is 0.156. The first-order valence-corrected chi connectivity index (χ1v) is 4.52. The van der Waals surface area contributed by atoms with Gasteiger partial charge in [0.25, 0.3) is 0 Å². The maximum Gasteiger partial charge on any atom is 1.00 e. The fraction of sp³-hybridized carbons (Fsp3) is 0.857. The smallest absolute Gasteiger partial charge is 0.544 e. The summed E-state index contributed by atoms with van der Waals surface area (Å²) in [4.78, 5) is 9.80. The SMILES string of the molecule is O=C([O-])C(F)(OC(F)(F)C(F)(F)C(F)(F)C(F)(F)F)C(F)(F)F.[K+]. The third kappa shape index (κ3) is 4.28. The molecule has 0 saturated heterocycles. The summed E-state index contributed by atoms with van der Waals surface area (Å²) >= 11 is 0. The van der Waals surface area contributed by atoms with E-state index in [0.29, 0.717) is 0 Å². The second-order valence-electron chi connectivity index (χ2n) is 3.65. The molecule has 0 aliphatic heterocycles. The van der Waals surface area contributed by atoms with Crippen LogP contribution in [0.15, 0.2) is 0 Å². The number of rotatable bonds is 5. The number of ether oxygens (including phenoxy) is 1. The van der Waals surface area contributed by atoms with Gasteiger partial charge in [-0.2, -0.15) is 57.1 Å². The quantitative estimate of drug-likeness (QED) is 0.443. The second-order valence-corrected chi connectivity index (χ2v) is 3.65. The van der Waals surface area contributed by atoms with E-state index < -0.39 is 42.1 Å². The van der Waals surface area contributed by atoms with E-state index in [1.807, 2.05) is 0 Å². The molecule has 0 radical (unpaired) electrons. The van der Waals surface area contributed by atoms with Gasteiger partial charge in [0.2, 0.25) is 0 Å². The maximum atomic E-state index is 12.8. The Balaban J connectivity index is 0. The molecule has 0 heterocycles. The fourth-order valence-corrected chi connectivity index (χ4v) is 0.817. The number of hydrogen-bond donors (Lipinski definition) is 0. The van der Waals surface area contributed by atoms with Gasteiger partial charge in [-0.1, -0.05) is 0 Å². The van der Waals surface area contributed by atoms with Gasteiger partial charge >= 0.3 is 87.5 Å². The molecule has 0 rings (SSSR count). The van der Waals surface area contributed by atoms with E-state index >= 15 is 0 Å². The van der Waals surface area contributed by atoms with Crippen molar-refractivity contribution in [2.75, 3.05) is 0 Å². The van der Waals surface area contributed by atoms with Crippen LogP contribution in [0.25, 0.3) is 0 Å². The Bertz CT molecular complexity index is 469. The van der Waals surface area contributed by atoms with E-state index in [9.17, 15) is 67.0 Å². The molecule has 0 aliphatic rings. The van der Waals surface area contributed by atoms with Gasteiger partial charge in [-0.25, -0.2) is 0 Å². The van der Waals surface area contributed by atoms with Crippen LogP contribution in [0.2, 0.25) is 0 Å². The molecule has 138 valence electrons. The number of carbonyl (C=O) groups excluding carboxylic acids is 1. The molecule has 17 heteroatoms. The first-order chi connectivity index (χ1) is 9.65. The summed E-state index contributed by atoms with van der Waals surface area (Å²) in [6, 6.07) is 0. The van der Waals surface area contributed by atoms with Crippen LogP contribution in [0.4, 0.5) is 57.1 Å². The Morgan fingerprint density at radius 3 is 1.21 bits per heavy atom. The topological polar surface area (TPSA) is 49.4 Å². The molecular weight excluding hydrogens is 418 g/mol. The molecule has 0 saturated carbocycles. The molecule has 24 heavy (non-hydrogen) atoms. The van der Waals surface area contributed by atoms with Gasteiger partial charge in [-0.3, -0.25) is 4.74 Å². The van der Waals surface area contributed by atoms with Gasteiger partial charge in [0, 0.05) is 0 Å². The van der Waals surface area contributed by atoms with Crippen LogP contribution in [0.3, 0.4) is 0 Å². The van der Waals surface area contributed by atoms with E-state index in [-0.39, 0.29) is 51.4 Å². The van der Waals surface area contributed by atoms with Crippen molar-refractivity contribution in [3.05, 3.63) is 0 Å². The molecule has 3 nitrogen and oxygen atoms in total. The van der Waals surface area contributed by atoms with Crippen molar-refractivity contribution in [2.45, 2.75) is 36.2 Å². The number of carbonyl (C=O) groups is 1. The number of aliphatic carboxylic acids is 1. The van der Waals surface area contributed by atoms with Crippen LogP contribution in [0.5, 0.6) is 0 Å². The van der Waals surface area contributed by atoms with Gasteiger partial charge < -0.3 is 9.90 Å². The van der Waals surface area contributed by atoms with Crippen molar-refractivity contribution in [1.82, 2.24) is 0 Å². The van der Waals surface area contributed by atoms with Crippen LogP contribution < -0.4 is 56.5 Å². The Morgan fingerprint density at radius 2 is 1.00 bits per heavy atom. The molecule has 0 bridgehead atoms. The molecule has 1 unspecified atom stereocenters. The molecule has 0 aromatic rings. The summed E-state index contributed by atoms with van der Waals surface area (Å²) in [6.45, 7) is 0. The third-order valence-electron chi connectivity index (χ3n) is 2.01. The average molecular weight is 418 g/mol. The summed E-state index contributed by atoms with van der Waals surface area (Å²) < 4.78 is 160. The van der Waals surface area contributed by atoms with Gasteiger partial charge in [-0.15, -0.1) is 0 Å². The van der Waals surface area contributed by atoms with Crippen LogP contribution >= 0.6 is 0 Å². The summed E-state index contributed by atoms with van der Waals surface area (Å²) in [6.07, 6.45) is -22.1. The molecule has 1 atom stereocenters. The Labute approximate surface area is 164 Å². The predicted molar refractivity (Wildman–Crippen MR) is 36.9 cm³/mol. The van der Waals surface area contributed by atoms with Gasteiger partial charge in [0.05, 0.1) is 0 Å². The number of hydrogen-bond acceptors (Lipinski definition) is 3. The number of carboxylic acid groups (broad SMARTS) is 1. The molecule has 0 aromatic heterocycles. The van der Waals surface area contributed by atoms with E-state index in [0.717, 1.165) is 0 Å². The Morgan fingerprint density at radius 1 is 0.667 bits per heavy atom. The van der Waals surface area contributed by atoms with Crippen molar-refractivity contribution >= 4 is 5.97 Å². The van der Waals surface area contributed by atoms with Crippen molar-refractivity contribution < 1.29 is 123 Å². The largest absolute Gasteiger partial charge is 1.00 e. The molecule has 0 amide bonds. The van der Waals surface area contributed by atoms with Crippen LogP contribution in [0, 0.1) is 0 Å². The van der Waals surface area contributed by atoms with E-state index in [1.54, 1.807) is 0 Å². The van der Waals surface area contributed by atoms with Gasteiger partial charge in [0.15, 0.2) is 0 Å². The minimum Gasteiger partial charge on any atom is -0.544 e. The monoisotopic (exact) mass is 418 g/mol. The molecule has 0 spiro atoms. The van der Waals surface area contributed by atoms with Crippen LogP contribution in [0.1, 0.15) is 0 Å². The average Bonchev–Trinajstić information content (AvgIpc) is 2.24. The van der Waals surface area contributed by atoms with Gasteiger partial charge in [0.1, 0.15) is 5.97 Å². The predicted octanol–water partition coefficient (Wildman–Crippen LogP) is -0.589. The van der Waals surface area contributed by atoms with Crippen molar-refractivity contribution in [3.63, 3.8) is 0 Å². The van der Waals surface area contributed by atoms with Crippen LogP contribution in [-0.2, 0) is 9.53 Å². The molecule has 0 aliphatic carbocycles. The van der Waals surface area contributed by atoms with E-state index in [4.69, 9.17) is 0 Å². The summed E-state index contributed by atoms with van der Waals surface area (Å²) in [7, 11) is 0. The van der Waals surface area contributed by atoms with Crippen molar-refractivity contribution in [2.24, 2.45) is 0 Å². The maximum absolute atomic E-state index is 12.8. The minimum atomic E-state index is -7.81. The summed E-state index contributed by atoms with van der Waals surface area (Å²) in [5.74, 6) is -26.6. The van der Waals surface area contributed by atoms with E-state index in [2.05, 4.69) is 0 Å². The fourth-order valence-electron chi connectivity index (χ4n) is 0.817. The molecule has 0 fully saturated rings. The third-order valence-corrected chi connectivity index (χ3v) is 2.01. The zero-order valence-electron chi connectivity index (χ0n) is 10.6. The number of carboxylic acids is 1. The first-order valence-electron chi connectivity index (χ1n) is 4.52. The summed E-state index contributed by atoms with van der Waals surface area (Å²) in [5, 5.41) is 9.80. The normalized spacial score (nSPS) is 17.0. The van der Waals surface area contributed by atoms with E-state index in [1.165, 1.54) is 4.74 Å². The number of alkyl halides is 13. The second kappa shape index (κ2) is 7.05. The molecule has 0 aromatic carbocycles. The minimum absolute atomic E-state index is 0.